The van der Waals surface area contributed by atoms with Crippen LogP contribution < -0.4 is 0 Å². The average Bonchev–Trinajstić information content (AvgIpc) is 2.87. The molecule has 0 saturated heterocycles. The molecule has 2 aromatic heterocycles. The molecule has 6 nitrogen and oxygen atoms in total. The largest absolute Gasteiger partial charge is 0.308 e. The van der Waals surface area contributed by atoms with Gasteiger partial charge in [-0.2, -0.15) is 5.10 Å². The highest BCUT2D eigenvalue weighted by molar-refractivity contribution is 7.90. The number of aryl methyl sites for hydroxylation is 2. The number of fused-ring (bicyclic) bond motifs is 1. The molecule has 1 atom stereocenters. The molecule has 0 aromatic carbocycles. The van der Waals surface area contributed by atoms with Crippen molar-refractivity contribution in [3.05, 3.63) is 11.5 Å². The van der Waals surface area contributed by atoms with E-state index in [-0.39, 0.29) is 17.7 Å². The summed E-state index contributed by atoms with van der Waals surface area (Å²) in [4.78, 5) is 4.57. The molecule has 1 unspecified atom stereocenters. The van der Waals surface area contributed by atoms with Gasteiger partial charge in [0.15, 0.2) is 5.65 Å². The normalized spacial score (nSPS) is 14.0. The number of imidazole rings is 1. The summed E-state index contributed by atoms with van der Waals surface area (Å²) < 4.78 is 26.8. The van der Waals surface area contributed by atoms with E-state index in [0.717, 1.165) is 29.7 Å². The first-order valence-corrected chi connectivity index (χ1v) is 9.54. The van der Waals surface area contributed by atoms with Gasteiger partial charge in [-0.05, 0) is 13.3 Å². The number of sulfone groups is 1. The van der Waals surface area contributed by atoms with Crippen LogP contribution in [0.3, 0.4) is 0 Å². The molecule has 0 saturated carbocycles. The monoisotopic (exact) mass is 332 g/mol. The van der Waals surface area contributed by atoms with Crippen LogP contribution in [-0.4, -0.2) is 39.8 Å². The number of halogens is 1. The van der Waals surface area contributed by atoms with E-state index in [2.05, 4.69) is 17.0 Å². The van der Waals surface area contributed by atoms with Gasteiger partial charge in [-0.15, -0.1) is 11.6 Å². The van der Waals surface area contributed by atoms with Crippen molar-refractivity contribution in [2.24, 2.45) is 7.05 Å². The maximum Gasteiger partial charge on any atom is 0.158 e. The third-order valence-electron chi connectivity index (χ3n) is 3.40. The number of hydrogen-bond acceptors (Lipinski definition) is 4. The van der Waals surface area contributed by atoms with E-state index in [1.165, 1.54) is 6.26 Å². The van der Waals surface area contributed by atoms with Crippen LogP contribution in [0.15, 0.2) is 0 Å². The Balaban J connectivity index is 2.61. The van der Waals surface area contributed by atoms with Gasteiger partial charge in [0.25, 0.3) is 0 Å². The molecule has 0 fully saturated rings. The van der Waals surface area contributed by atoms with Crippen molar-refractivity contribution in [3.63, 3.8) is 0 Å². The first-order valence-electron chi connectivity index (χ1n) is 6.94. The van der Waals surface area contributed by atoms with Crippen LogP contribution in [0.25, 0.3) is 11.2 Å². The summed E-state index contributed by atoms with van der Waals surface area (Å²) in [5, 5.41) is 4.50. The van der Waals surface area contributed by atoms with Gasteiger partial charge in [0, 0.05) is 19.3 Å². The van der Waals surface area contributed by atoms with Crippen LogP contribution in [0.4, 0.5) is 0 Å². The highest BCUT2D eigenvalue weighted by atomic mass is 35.5. The molecule has 0 amide bonds. The fraction of sp³-hybridized carbons (Fsp3) is 0.692. The molecule has 0 bridgehead atoms. The van der Waals surface area contributed by atoms with E-state index in [0.29, 0.717) is 5.82 Å². The second-order valence-electron chi connectivity index (χ2n) is 5.47. The Labute approximate surface area is 130 Å². The molecule has 8 heteroatoms. The van der Waals surface area contributed by atoms with Gasteiger partial charge >= 0.3 is 0 Å². The molecule has 0 N–H and O–H groups in total. The van der Waals surface area contributed by atoms with E-state index < -0.39 is 9.84 Å². The SMILES string of the molecule is CCCc1nn(C)c2c1nc(CCl)n2C(C)CS(C)(=O)=O. The topological polar surface area (TPSA) is 69.8 Å². The minimum atomic E-state index is -3.08. The molecule has 0 radical (unpaired) electrons. The lowest BCUT2D eigenvalue weighted by Crippen LogP contribution is -2.19. The maximum absolute atomic E-state index is 11.6. The zero-order valence-corrected chi connectivity index (χ0v) is 14.4. The molecule has 0 spiro atoms. The van der Waals surface area contributed by atoms with Crippen LogP contribution >= 0.6 is 11.6 Å². The maximum atomic E-state index is 11.6. The van der Waals surface area contributed by atoms with Crippen molar-refractivity contribution in [1.82, 2.24) is 19.3 Å². The molecular formula is C13H21ClN4O2S. The van der Waals surface area contributed by atoms with E-state index in [4.69, 9.17) is 11.6 Å². The molecule has 2 rings (SSSR count). The molecule has 0 aliphatic carbocycles. The highest BCUT2D eigenvalue weighted by Gasteiger charge is 2.23. The van der Waals surface area contributed by atoms with Crippen molar-refractivity contribution in [2.75, 3.05) is 12.0 Å². The van der Waals surface area contributed by atoms with Crippen LogP contribution in [0.1, 0.15) is 37.8 Å². The van der Waals surface area contributed by atoms with E-state index in [1.54, 1.807) is 4.68 Å². The van der Waals surface area contributed by atoms with Gasteiger partial charge in [-0.1, -0.05) is 13.3 Å². The van der Waals surface area contributed by atoms with Crippen LogP contribution in [-0.2, 0) is 29.2 Å². The lowest BCUT2D eigenvalue weighted by atomic mass is 10.2. The predicted octanol–water partition coefficient (Wildman–Crippen LogP) is 2.07. The van der Waals surface area contributed by atoms with Gasteiger partial charge in [0.1, 0.15) is 21.2 Å². The molecular weight excluding hydrogens is 312 g/mol. The van der Waals surface area contributed by atoms with E-state index in [1.807, 2.05) is 18.5 Å². The minimum absolute atomic E-state index is 0.0522. The Kier molecular flexibility index (Phi) is 4.63. The summed E-state index contributed by atoms with van der Waals surface area (Å²) in [5.41, 5.74) is 2.60. The van der Waals surface area contributed by atoms with Crippen molar-refractivity contribution in [3.8, 4) is 0 Å². The summed E-state index contributed by atoms with van der Waals surface area (Å²) >= 11 is 6.00. The first-order chi connectivity index (χ1) is 9.78. The summed E-state index contributed by atoms with van der Waals surface area (Å²) in [6.45, 7) is 3.96. The van der Waals surface area contributed by atoms with Gasteiger partial charge in [-0.3, -0.25) is 4.68 Å². The number of rotatable bonds is 6. The standard InChI is InChI=1S/C13H21ClN4O2S/c1-5-6-10-12-13(17(3)16-10)18(11(7-14)15-12)9(2)8-21(4,19)20/h9H,5-8H2,1-4H3. The van der Waals surface area contributed by atoms with Crippen LogP contribution in [0, 0.1) is 0 Å². The third kappa shape index (κ3) is 3.23. The lowest BCUT2D eigenvalue weighted by Gasteiger charge is -2.16. The smallest absolute Gasteiger partial charge is 0.158 e. The van der Waals surface area contributed by atoms with Gasteiger partial charge in [0.05, 0.1) is 17.3 Å². The summed E-state index contributed by atoms with van der Waals surface area (Å²) in [6.07, 6.45) is 3.06. The Morgan fingerprint density at radius 1 is 1.38 bits per heavy atom. The molecule has 21 heavy (non-hydrogen) atoms. The first kappa shape index (κ1) is 16.3. The minimum Gasteiger partial charge on any atom is -0.308 e. The second kappa shape index (κ2) is 5.96. The van der Waals surface area contributed by atoms with Gasteiger partial charge < -0.3 is 4.57 Å². The predicted molar refractivity (Wildman–Crippen MR) is 84.5 cm³/mol. The summed E-state index contributed by atoms with van der Waals surface area (Å²) in [7, 11) is -1.23. The van der Waals surface area contributed by atoms with Crippen molar-refractivity contribution in [1.29, 1.82) is 0 Å². The van der Waals surface area contributed by atoms with Gasteiger partial charge in [0.2, 0.25) is 0 Å². The molecule has 2 heterocycles. The number of alkyl halides is 1. The zero-order chi connectivity index (χ0) is 15.8. The van der Waals surface area contributed by atoms with E-state index >= 15 is 0 Å². The Morgan fingerprint density at radius 3 is 2.57 bits per heavy atom. The molecule has 0 aliphatic rings. The van der Waals surface area contributed by atoms with Gasteiger partial charge in [-0.25, -0.2) is 13.4 Å². The quantitative estimate of drug-likeness (QED) is 0.759. The number of hydrogen-bond donors (Lipinski definition) is 0. The lowest BCUT2D eigenvalue weighted by molar-refractivity contribution is 0.551. The number of nitrogens with zero attached hydrogens (tertiary/aromatic N) is 4. The molecule has 0 aliphatic heterocycles. The Bertz CT molecular complexity index is 748. The van der Waals surface area contributed by atoms with Crippen molar-refractivity contribution >= 4 is 32.6 Å². The Hall–Kier alpha value is -1.08. The van der Waals surface area contributed by atoms with Crippen molar-refractivity contribution < 1.29 is 8.42 Å². The Morgan fingerprint density at radius 2 is 2.05 bits per heavy atom. The van der Waals surface area contributed by atoms with E-state index in [9.17, 15) is 8.42 Å². The average molecular weight is 333 g/mol. The number of aromatic nitrogens is 4. The third-order valence-corrected chi connectivity index (χ3v) is 4.73. The highest BCUT2D eigenvalue weighted by Crippen LogP contribution is 2.26. The summed E-state index contributed by atoms with van der Waals surface area (Å²) in [6, 6.07) is -0.233. The fourth-order valence-electron chi connectivity index (χ4n) is 2.72. The molecule has 2 aromatic rings. The van der Waals surface area contributed by atoms with Crippen LogP contribution in [0.5, 0.6) is 0 Å². The van der Waals surface area contributed by atoms with Crippen molar-refractivity contribution in [2.45, 2.75) is 38.6 Å². The van der Waals surface area contributed by atoms with Crippen LogP contribution in [0.2, 0.25) is 0 Å². The molecule has 118 valence electrons. The summed E-state index contributed by atoms with van der Waals surface area (Å²) in [5.74, 6) is 0.985. The fourth-order valence-corrected chi connectivity index (χ4v) is 3.94. The zero-order valence-electron chi connectivity index (χ0n) is 12.8. The second-order valence-corrected chi connectivity index (χ2v) is 7.92.